The van der Waals surface area contributed by atoms with Crippen molar-refractivity contribution in [3.8, 4) is 11.5 Å². The Morgan fingerprint density at radius 1 is 1.03 bits per heavy atom. The monoisotopic (exact) mass is 409 g/mol. The van der Waals surface area contributed by atoms with Crippen LogP contribution in [0.4, 0.5) is 0 Å². The van der Waals surface area contributed by atoms with Crippen LogP contribution in [0, 0.1) is 5.92 Å². The normalized spacial score (nSPS) is 18.9. The van der Waals surface area contributed by atoms with E-state index in [-0.39, 0.29) is 29.6 Å². The van der Waals surface area contributed by atoms with Crippen molar-refractivity contribution in [1.29, 1.82) is 0 Å². The van der Waals surface area contributed by atoms with E-state index in [9.17, 15) is 9.59 Å². The Morgan fingerprint density at radius 3 is 2.66 bits per heavy atom. The Kier molecular flexibility index (Phi) is 5.44. The summed E-state index contributed by atoms with van der Waals surface area (Å²) in [5.41, 5.74) is 7.06. The van der Waals surface area contributed by atoms with Crippen molar-refractivity contribution in [2.75, 3.05) is 6.79 Å². The molecule has 29 heavy (non-hydrogen) atoms. The molecule has 1 aliphatic heterocycles. The highest BCUT2D eigenvalue weighted by Gasteiger charge is 2.43. The van der Waals surface area contributed by atoms with Crippen LogP contribution in [0.15, 0.2) is 54.6 Å². The molecular formula is C21H19N3O4S. The average Bonchev–Trinajstić information content (AvgIpc) is 3.41. The zero-order valence-electron chi connectivity index (χ0n) is 15.4. The molecule has 1 saturated carbocycles. The van der Waals surface area contributed by atoms with Gasteiger partial charge in [-0.05, 0) is 53.9 Å². The van der Waals surface area contributed by atoms with Gasteiger partial charge in [0.15, 0.2) is 16.6 Å². The minimum Gasteiger partial charge on any atom is -0.454 e. The lowest BCUT2D eigenvalue weighted by atomic mass is 10.1. The van der Waals surface area contributed by atoms with Crippen molar-refractivity contribution < 1.29 is 19.1 Å². The third kappa shape index (κ3) is 4.72. The van der Waals surface area contributed by atoms with Gasteiger partial charge in [-0.3, -0.25) is 25.8 Å². The fraction of sp³-hybridized carbons (Fsp3) is 0.190. The first-order valence-corrected chi connectivity index (χ1v) is 9.54. The number of hydrazine groups is 1. The van der Waals surface area contributed by atoms with E-state index >= 15 is 0 Å². The van der Waals surface area contributed by atoms with Crippen LogP contribution in [-0.2, 0) is 9.59 Å². The average molecular weight is 409 g/mol. The van der Waals surface area contributed by atoms with E-state index in [1.807, 2.05) is 36.4 Å². The van der Waals surface area contributed by atoms with Gasteiger partial charge in [-0.25, -0.2) is 0 Å². The lowest BCUT2D eigenvalue weighted by Crippen LogP contribution is -2.48. The molecule has 3 N–H and O–H groups in total. The maximum Gasteiger partial charge on any atom is 0.250 e. The Hall–Kier alpha value is -3.39. The maximum absolute atomic E-state index is 12.2. The number of nitrogens with one attached hydrogen (secondary N) is 3. The molecule has 0 radical (unpaired) electrons. The smallest absolute Gasteiger partial charge is 0.250 e. The van der Waals surface area contributed by atoms with Crippen LogP contribution in [0.2, 0.25) is 0 Å². The molecule has 7 nitrogen and oxygen atoms in total. The second-order valence-corrected chi connectivity index (χ2v) is 7.15. The summed E-state index contributed by atoms with van der Waals surface area (Å²) in [6, 6.07) is 15.3. The lowest BCUT2D eigenvalue weighted by Gasteiger charge is -2.09. The number of ether oxygens (including phenoxy) is 2. The van der Waals surface area contributed by atoms with Gasteiger partial charge in [0, 0.05) is 12.0 Å². The number of carbonyl (C=O) groups is 2. The predicted octanol–water partition coefficient (Wildman–Crippen LogP) is 2.25. The van der Waals surface area contributed by atoms with E-state index in [2.05, 4.69) is 16.2 Å². The summed E-state index contributed by atoms with van der Waals surface area (Å²) >= 11 is 5.05. The molecule has 1 fully saturated rings. The molecule has 2 amide bonds. The molecule has 0 unspecified atom stereocenters. The minimum atomic E-state index is -0.414. The first-order valence-electron chi connectivity index (χ1n) is 9.13. The molecule has 4 rings (SSSR count). The van der Waals surface area contributed by atoms with Crippen molar-refractivity contribution in [1.82, 2.24) is 16.2 Å². The van der Waals surface area contributed by atoms with E-state index in [1.54, 1.807) is 18.2 Å². The molecule has 2 aromatic rings. The lowest BCUT2D eigenvalue weighted by molar-refractivity contribution is -0.123. The quantitative estimate of drug-likeness (QED) is 0.408. The molecule has 1 aliphatic carbocycles. The Bertz CT molecular complexity index is 977. The van der Waals surface area contributed by atoms with E-state index < -0.39 is 5.91 Å². The van der Waals surface area contributed by atoms with Gasteiger partial charge < -0.3 is 9.47 Å². The van der Waals surface area contributed by atoms with Crippen LogP contribution >= 0.6 is 12.2 Å². The summed E-state index contributed by atoms with van der Waals surface area (Å²) in [6.45, 7) is 0.196. The van der Waals surface area contributed by atoms with Gasteiger partial charge in [-0.1, -0.05) is 36.4 Å². The molecule has 0 saturated heterocycles. The number of hydrogen-bond donors (Lipinski definition) is 3. The Morgan fingerprint density at radius 2 is 1.83 bits per heavy atom. The first kappa shape index (κ1) is 18.9. The maximum atomic E-state index is 12.2. The zero-order valence-corrected chi connectivity index (χ0v) is 16.2. The van der Waals surface area contributed by atoms with Gasteiger partial charge >= 0.3 is 0 Å². The first-order chi connectivity index (χ1) is 14.1. The van der Waals surface area contributed by atoms with Crippen molar-refractivity contribution >= 4 is 35.2 Å². The van der Waals surface area contributed by atoms with Crippen molar-refractivity contribution in [2.24, 2.45) is 5.92 Å². The van der Waals surface area contributed by atoms with Crippen LogP contribution in [-0.4, -0.2) is 23.7 Å². The third-order valence-corrected chi connectivity index (χ3v) is 4.92. The predicted molar refractivity (Wildman–Crippen MR) is 111 cm³/mol. The fourth-order valence-corrected chi connectivity index (χ4v) is 3.29. The minimum absolute atomic E-state index is 0.0237. The standard InChI is InChI=1S/C21H19N3O4S/c25-19(9-7-13-6-8-17-18(10-13)28-12-27-17)22-21(29)24-23-20(26)16-11-15(16)14-4-2-1-3-5-14/h1-10,15-16H,11-12H2,(H,23,26)(H2,22,24,25,29)/t15-,16+/m1/s1. The Balaban J connectivity index is 1.20. The molecule has 0 spiro atoms. The van der Waals surface area contributed by atoms with Crippen LogP contribution in [0.5, 0.6) is 11.5 Å². The molecular weight excluding hydrogens is 390 g/mol. The molecule has 2 aliphatic rings. The summed E-state index contributed by atoms with van der Waals surface area (Å²) in [4.78, 5) is 24.2. The van der Waals surface area contributed by atoms with Crippen molar-refractivity contribution in [3.05, 3.63) is 65.7 Å². The summed E-state index contributed by atoms with van der Waals surface area (Å²) in [5, 5.41) is 2.51. The van der Waals surface area contributed by atoms with Gasteiger partial charge in [-0.15, -0.1) is 0 Å². The van der Waals surface area contributed by atoms with Gasteiger partial charge in [0.25, 0.3) is 0 Å². The van der Waals surface area contributed by atoms with Crippen LogP contribution in [0.25, 0.3) is 6.08 Å². The van der Waals surface area contributed by atoms with Crippen molar-refractivity contribution in [2.45, 2.75) is 12.3 Å². The highest BCUT2D eigenvalue weighted by Crippen LogP contribution is 2.47. The van der Waals surface area contributed by atoms with Crippen molar-refractivity contribution in [3.63, 3.8) is 0 Å². The zero-order chi connectivity index (χ0) is 20.2. The molecule has 8 heteroatoms. The topological polar surface area (TPSA) is 88.7 Å². The number of hydrogen-bond acceptors (Lipinski definition) is 5. The largest absolute Gasteiger partial charge is 0.454 e. The number of carbonyl (C=O) groups excluding carboxylic acids is 2. The number of rotatable bonds is 4. The second kappa shape index (κ2) is 8.32. The number of fused-ring (bicyclic) bond motifs is 1. The summed E-state index contributed by atoms with van der Waals surface area (Å²) in [5.74, 6) is 0.897. The van der Waals surface area contributed by atoms with E-state index in [1.165, 1.54) is 6.08 Å². The summed E-state index contributed by atoms with van der Waals surface area (Å²) < 4.78 is 10.5. The third-order valence-electron chi connectivity index (χ3n) is 4.71. The van der Waals surface area contributed by atoms with Gasteiger partial charge in [0.2, 0.25) is 18.6 Å². The van der Waals surface area contributed by atoms with E-state index in [4.69, 9.17) is 21.7 Å². The van der Waals surface area contributed by atoms with E-state index in [0.29, 0.717) is 11.5 Å². The number of amides is 2. The highest BCUT2D eigenvalue weighted by atomic mass is 32.1. The molecule has 2 aromatic carbocycles. The van der Waals surface area contributed by atoms with Gasteiger partial charge in [0.05, 0.1) is 0 Å². The van der Waals surface area contributed by atoms with Gasteiger partial charge in [0.1, 0.15) is 0 Å². The van der Waals surface area contributed by atoms with Crippen LogP contribution < -0.4 is 25.6 Å². The summed E-state index contributed by atoms with van der Waals surface area (Å²) in [7, 11) is 0. The molecule has 148 valence electrons. The molecule has 1 heterocycles. The van der Waals surface area contributed by atoms with E-state index in [0.717, 1.165) is 17.5 Å². The number of benzene rings is 2. The van der Waals surface area contributed by atoms with Gasteiger partial charge in [-0.2, -0.15) is 0 Å². The SMILES string of the molecule is O=C(C=Cc1ccc2c(c1)OCO2)NC(=S)NNC(=O)[C@H]1C[C@@H]1c1ccccc1. The molecule has 0 aromatic heterocycles. The van der Waals surface area contributed by atoms with Crippen LogP contribution in [0.1, 0.15) is 23.5 Å². The fourth-order valence-electron chi connectivity index (χ4n) is 3.14. The molecule has 0 bridgehead atoms. The summed E-state index contributed by atoms with van der Waals surface area (Å²) in [6.07, 6.45) is 3.78. The molecule has 2 atom stereocenters. The van der Waals surface area contributed by atoms with Crippen LogP contribution in [0.3, 0.4) is 0 Å². The number of thiocarbonyl (C=S) groups is 1. The highest BCUT2D eigenvalue weighted by molar-refractivity contribution is 7.80. The second-order valence-electron chi connectivity index (χ2n) is 6.74. The Labute approximate surface area is 173 Å².